The van der Waals surface area contributed by atoms with E-state index in [1.54, 1.807) is 0 Å². The highest BCUT2D eigenvalue weighted by molar-refractivity contribution is 5.81. The zero-order chi connectivity index (χ0) is 22.8. The highest BCUT2D eigenvalue weighted by atomic mass is 16.5. The molecule has 3 rings (SSSR count). The first kappa shape index (κ1) is 24.4. The van der Waals surface area contributed by atoms with Crippen molar-refractivity contribution in [2.24, 2.45) is 4.99 Å². The first-order chi connectivity index (χ1) is 15.6. The van der Waals surface area contributed by atoms with Gasteiger partial charge in [0.25, 0.3) is 0 Å². The van der Waals surface area contributed by atoms with Crippen LogP contribution in [0.4, 0.5) is 0 Å². The first-order valence-electron chi connectivity index (χ1n) is 12.2. The molecule has 32 heavy (non-hydrogen) atoms. The molecule has 2 heterocycles. The molecule has 2 atom stereocenters. The van der Waals surface area contributed by atoms with E-state index in [4.69, 9.17) is 14.5 Å². The van der Waals surface area contributed by atoms with Crippen LogP contribution < -0.4 is 15.4 Å². The SMILES string of the molecule is CCNC(=NCc1ccc(C)cc1OCC1CCCO1)NCCC(=O)N1CCCCC1C. The minimum atomic E-state index is 0.186. The van der Waals surface area contributed by atoms with Gasteiger partial charge < -0.3 is 25.0 Å². The quantitative estimate of drug-likeness (QED) is 0.451. The predicted octanol–water partition coefficient (Wildman–Crippen LogP) is 3.40. The number of guanidine groups is 1. The minimum absolute atomic E-state index is 0.186. The van der Waals surface area contributed by atoms with Crippen molar-refractivity contribution in [3.63, 3.8) is 0 Å². The molecule has 7 nitrogen and oxygen atoms in total. The summed E-state index contributed by atoms with van der Waals surface area (Å²) in [5.41, 5.74) is 2.21. The van der Waals surface area contributed by atoms with Gasteiger partial charge in [0.1, 0.15) is 12.4 Å². The number of amides is 1. The normalized spacial score (nSPS) is 21.5. The van der Waals surface area contributed by atoms with Crippen molar-refractivity contribution in [3.8, 4) is 5.75 Å². The number of piperidine rings is 1. The van der Waals surface area contributed by atoms with E-state index in [9.17, 15) is 4.79 Å². The second-order valence-corrected chi connectivity index (χ2v) is 8.86. The Bertz CT molecular complexity index is 762. The molecule has 2 aliphatic rings. The van der Waals surface area contributed by atoms with Crippen molar-refractivity contribution >= 4 is 11.9 Å². The van der Waals surface area contributed by atoms with Crippen molar-refractivity contribution in [1.82, 2.24) is 15.5 Å². The summed E-state index contributed by atoms with van der Waals surface area (Å²) in [5.74, 6) is 1.82. The molecular formula is C25H40N4O3. The van der Waals surface area contributed by atoms with Gasteiger partial charge in [0.15, 0.2) is 5.96 Å². The predicted molar refractivity (Wildman–Crippen MR) is 128 cm³/mol. The number of rotatable bonds is 9. The van der Waals surface area contributed by atoms with Crippen LogP contribution in [0.25, 0.3) is 0 Å². The van der Waals surface area contributed by atoms with Gasteiger partial charge in [-0.2, -0.15) is 0 Å². The number of carbonyl (C=O) groups excluding carboxylic acids is 1. The zero-order valence-corrected chi connectivity index (χ0v) is 20.0. The number of carbonyl (C=O) groups is 1. The third-order valence-electron chi connectivity index (χ3n) is 6.18. The van der Waals surface area contributed by atoms with E-state index in [-0.39, 0.29) is 12.0 Å². The average molecular weight is 445 g/mol. The van der Waals surface area contributed by atoms with Crippen LogP contribution in [0.3, 0.4) is 0 Å². The van der Waals surface area contributed by atoms with Crippen LogP contribution in [0.15, 0.2) is 23.2 Å². The second-order valence-electron chi connectivity index (χ2n) is 8.86. The Labute approximate surface area is 192 Å². The largest absolute Gasteiger partial charge is 0.491 e. The van der Waals surface area contributed by atoms with Crippen LogP contribution in [-0.2, 0) is 16.1 Å². The van der Waals surface area contributed by atoms with E-state index >= 15 is 0 Å². The molecule has 2 unspecified atom stereocenters. The number of aryl methyl sites for hydroxylation is 1. The summed E-state index contributed by atoms with van der Waals surface area (Å²) in [5, 5.41) is 6.59. The fraction of sp³-hybridized carbons (Fsp3) is 0.680. The van der Waals surface area contributed by atoms with Crippen molar-refractivity contribution in [3.05, 3.63) is 29.3 Å². The molecule has 0 spiro atoms. The molecule has 1 amide bonds. The highest BCUT2D eigenvalue weighted by Gasteiger charge is 2.22. The van der Waals surface area contributed by atoms with Crippen LogP contribution in [0.5, 0.6) is 5.75 Å². The van der Waals surface area contributed by atoms with Crippen molar-refractivity contribution < 1.29 is 14.3 Å². The molecule has 2 aliphatic heterocycles. The molecule has 178 valence electrons. The Kier molecular flexibility index (Phi) is 9.65. The molecule has 2 saturated heterocycles. The van der Waals surface area contributed by atoms with E-state index in [0.717, 1.165) is 68.2 Å². The van der Waals surface area contributed by atoms with Gasteiger partial charge >= 0.3 is 0 Å². The van der Waals surface area contributed by atoms with Crippen molar-refractivity contribution in [1.29, 1.82) is 0 Å². The standard InChI is InChI=1S/C25H40N4O3/c1-4-26-25(27-13-12-24(30)29-14-6-5-8-20(29)3)28-17-21-11-10-19(2)16-23(21)32-18-22-9-7-15-31-22/h10-11,16,20,22H,4-9,12-15,17-18H2,1-3H3,(H2,26,27,28). The maximum absolute atomic E-state index is 12.6. The van der Waals surface area contributed by atoms with Crippen molar-refractivity contribution in [2.45, 2.75) is 78.0 Å². The number of nitrogens with zero attached hydrogens (tertiary/aromatic N) is 2. The molecule has 0 radical (unpaired) electrons. The lowest BCUT2D eigenvalue weighted by Gasteiger charge is -2.33. The fourth-order valence-corrected chi connectivity index (χ4v) is 4.29. The third kappa shape index (κ3) is 7.40. The van der Waals surface area contributed by atoms with Crippen LogP contribution in [0.1, 0.15) is 63.5 Å². The van der Waals surface area contributed by atoms with Gasteiger partial charge in [-0.05, 0) is 64.5 Å². The number of hydrogen-bond donors (Lipinski definition) is 2. The lowest BCUT2D eigenvalue weighted by atomic mass is 10.0. The van der Waals surface area contributed by atoms with Gasteiger partial charge in [-0.25, -0.2) is 4.99 Å². The van der Waals surface area contributed by atoms with E-state index < -0.39 is 0 Å². The maximum atomic E-state index is 12.6. The molecule has 0 saturated carbocycles. The van der Waals surface area contributed by atoms with Gasteiger partial charge in [0.2, 0.25) is 5.91 Å². The van der Waals surface area contributed by atoms with Gasteiger partial charge in [-0.1, -0.05) is 12.1 Å². The van der Waals surface area contributed by atoms with Crippen LogP contribution >= 0.6 is 0 Å². The Morgan fingerprint density at radius 2 is 2.12 bits per heavy atom. The number of ether oxygens (including phenoxy) is 2. The number of likely N-dealkylation sites (tertiary alicyclic amines) is 1. The summed E-state index contributed by atoms with van der Waals surface area (Å²) in [6, 6.07) is 6.59. The molecule has 0 aliphatic carbocycles. The smallest absolute Gasteiger partial charge is 0.224 e. The summed E-state index contributed by atoms with van der Waals surface area (Å²) >= 11 is 0. The lowest BCUT2D eigenvalue weighted by molar-refractivity contribution is -0.134. The summed E-state index contributed by atoms with van der Waals surface area (Å²) in [4.78, 5) is 19.3. The summed E-state index contributed by atoms with van der Waals surface area (Å²) < 4.78 is 11.8. The molecular weight excluding hydrogens is 404 g/mol. The Morgan fingerprint density at radius 1 is 1.25 bits per heavy atom. The lowest BCUT2D eigenvalue weighted by Crippen LogP contribution is -2.44. The zero-order valence-electron chi connectivity index (χ0n) is 20.0. The van der Waals surface area contributed by atoms with Gasteiger partial charge in [0.05, 0.1) is 12.6 Å². The monoisotopic (exact) mass is 444 g/mol. The van der Waals surface area contributed by atoms with Crippen LogP contribution in [-0.4, -0.2) is 61.8 Å². The number of benzene rings is 1. The van der Waals surface area contributed by atoms with E-state index in [2.05, 4.69) is 42.7 Å². The number of aliphatic imine (C=N–C) groups is 1. The summed E-state index contributed by atoms with van der Waals surface area (Å²) in [6.07, 6.45) is 6.27. The second kappa shape index (κ2) is 12.7. The highest BCUT2D eigenvalue weighted by Crippen LogP contribution is 2.23. The minimum Gasteiger partial charge on any atom is -0.491 e. The first-order valence-corrected chi connectivity index (χ1v) is 12.2. The molecule has 0 bridgehead atoms. The summed E-state index contributed by atoms with van der Waals surface area (Å²) in [6.45, 7) is 10.4. The topological polar surface area (TPSA) is 75.2 Å². The molecule has 2 fully saturated rings. The Morgan fingerprint density at radius 3 is 2.88 bits per heavy atom. The number of nitrogens with one attached hydrogen (secondary N) is 2. The molecule has 7 heteroatoms. The third-order valence-corrected chi connectivity index (χ3v) is 6.18. The summed E-state index contributed by atoms with van der Waals surface area (Å²) in [7, 11) is 0. The fourth-order valence-electron chi connectivity index (χ4n) is 4.29. The molecule has 1 aromatic carbocycles. The van der Waals surface area contributed by atoms with Crippen LogP contribution in [0, 0.1) is 6.92 Å². The number of hydrogen-bond acceptors (Lipinski definition) is 4. The molecule has 1 aromatic rings. The molecule has 0 aromatic heterocycles. The van der Waals surface area contributed by atoms with E-state index in [1.165, 1.54) is 6.42 Å². The Balaban J connectivity index is 1.54. The molecule has 2 N–H and O–H groups in total. The van der Waals surface area contributed by atoms with Gasteiger partial charge in [-0.3, -0.25) is 4.79 Å². The average Bonchev–Trinajstić information content (AvgIpc) is 3.31. The van der Waals surface area contributed by atoms with E-state index in [1.807, 2.05) is 11.8 Å². The van der Waals surface area contributed by atoms with Crippen LogP contribution in [0.2, 0.25) is 0 Å². The van der Waals surface area contributed by atoms with Crippen molar-refractivity contribution in [2.75, 3.05) is 32.8 Å². The Hall–Kier alpha value is -2.28. The van der Waals surface area contributed by atoms with Gasteiger partial charge in [-0.15, -0.1) is 0 Å². The maximum Gasteiger partial charge on any atom is 0.224 e. The van der Waals surface area contributed by atoms with E-state index in [0.29, 0.717) is 32.2 Å². The van der Waals surface area contributed by atoms with Gasteiger partial charge in [0, 0.05) is 44.3 Å².